The van der Waals surface area contributed by atoms with Gasteiger partial charge in [0.15, 0.2) is 0 Å². The summed E-state index contributed by atoms with van der Waals surface area (Å²) in [4.78, 5) is 1.64. The molecule has 0 aliphatic heterocycles. The average Bonchev–Trinajstić information content (AvgIpc) is 2.23. The van der Waals surface area contributed by atoms with Crippen LogP contribution in [0.4, 0.5) is 4.39 Å². The summed E-state index contributed by atoms with van der Waals surface area (Å²) in [5.74, 6) is -0.197. The van der Waals surface area contributed by atoms with Crippen LogP contribution in [-0.4, -0.2) is 0 Å². The van der Waals surface area contributed by atoms with Gasteiger partial charge >= 0.3 is 0 Å². The van der Waals surface area contributed by atoms with Gasteiger partial charge in [-0.3, -0.25) is 0 Å². The first-order valence-corrected chi connectivity index (χ1v) is 5.06. The summed E-state index contributed by atoms with van der Waals surface area (Å²) in [6.45, 7) is 0. The van der Waals surface area contributed by atoms with Crippen LogP contribution in [0.25, 0.3) is 0 Å². The van der Waals surface area contributed by atoms with Gasteiger partial charge in [0.05, 0.1) is 0 Å². The summed E-state index contributed by atoms with van der Waals surface area (Å²) in [7, 11) is 0. The summed E-state index contributed by atoms with van der Waals surface area (Å²) in [5.41, 5.74) is 0. The molecule has 0 saturated heterocycles. The minimum atomic E-state index is -0.197. The normalized spacial score (nSPS) is 10.1. The fourth-order valence-corrected chi connectivity index (χ4v) is 1.93. The molecule has 0 saturated carbocycles. The van der Waals surface area contributed by atoms with Gasteiger partial charge in [0, 0.05) is 9.79 Å². The van der Waals surface area contributed by atoms with Gasteiger partial charge in [-0.25, -0.2) is 4.39 Å². The van der Waals surface area contributed by atoms with E-state index in [9.17, 15) is 4.39 Å². The zero-order chi connectivity index (χ0) is 9.80. The highest BCUT2D eigenvalue weighted by molar-refractivity contribution is 7.99. The predicted octanol–water partition coefficient (Wildman–Crippen LogP) is 3.78. The zero-order valence-electron chi connectivity index (χ0n) is 7.41. The number of rotatable bonds is 2. The predicted molar refractivity (Wildman–Crippen MR) is 55.8 cm³/mol. The second-order valence-corrected chi connectivity index (χ2v) is 3.89. The minimum Gasteiger partial charge on any atom is -0.206 e. The highest BCUT2D eigenvalue weighted by Gasteiger charge is 2.01. The van der Waals surface area contributed by atoms with Gasteiger partial charge in [0.1, 0.15) is 5.82 Å². The van der Waals surface area contributed by atoms with Crippen LogP contribution in [0.5, 0.6) is 0 Å². The van der Waals surface area contributed by atoms with Gasteiger partial charge in [-0.05, 0) is 30.3 Å². The highest BCUT2D eigenvalue weighted by Crippen LogP contribution is 2.28. The van der Waals surface area contributed by atoms with Crippen molar-refractivity contribution in [3.05, 3.63) is 60.4 Å². The monoisotopic (exact) mass is 203 g/mol. The molecule has 2 rings (SSSR count). The SMILES string of the molecule is Fc1cc[c]cc1Sc1ccccc1. The fourth-order valence-electron chi connectivity index (χ4n) is 1.09. The molecule has 0 heterocycles. The van der Waals surface area contributed by atoms with Crippen molar-refractivity contribution >= 4 is 11.8 Å². The number of hydrogen-bond donors (Lipinski definition) is 0. The van der Waals surface area contributed by atoms with E-state index >= 15 is 0 Å². The lowest BCUT2D eigenvalue weighted by molar-refractivity contribution is 0.602. The maximum Gasteiger partial charge on any atom is 0.137 e. The lowest BCUT2D eigenvalue weighted by atomic mass is 10.3. The van der Waals surface area contributed by atoms with Crippen LogP contribution >= 0.6 is 11.8 Å². The Morgan fingerprint density at radius 2 is 1.86 bits per heavy atom. The van der Waals surface area contributed by atoms with E-state index in [1.165, 1.54) is 17.8 Å². The van der Waals surface area contributed by atoms with Gasteiger partial charge in [0.2, 0.25) is 0 Å². The molecule has 69 valence electrons. The maximum absolute atomic E-state index is 13.2. The number of halogens is 1. The molecule has 0 nitrogen and oxygen atoms in total. The van der Waals surface area contributed by atoms with Crippen molar-refractivity contribution in [3.63, 3.8) is 0 Å². The molecule has 2 aromatic rings. The molecule has 0 atom stereocenters. The molecule has 0 fully saturated rings. The van der Waals surface area contributed by atoms with Gasteiger partial charge in [-0.2, -0.15) is 0 Å². The summed E-state index contributed by atoms with van der Waals surface area (Å²) < 4.78 is 13.2. The van der Waals surface area contributed by atoms with Crippen LogP contribution in [0.2, 0.25) is 0 Å². The standard InChI is InChI=1S/C12H8FS/c13-11-8-4-5-9-12(11)14-10-6-2-1-3-7-10/h1-4,6-9H. The van der Waals surface area contributed by atoms with Crippen molar-refractivity contribution in [3.8, 4) is 0 Å². The Kier molecular flexibility index (Phi) is 2.84. The van der Waals surface area contributed by atoms with Crippen LogP contribution < -0.4 is 0 Å². The lowest BCUT2D eigenvalue weighted by Crippen LogP contribution is -1.79. The second kappa shape index (κ2) is 4.29. The first-order chi connectivity index (χ1) is 6.86. The Labute approximate surface area is 86.8 Å². The molecule has 0 N–H and O–H groups in total. The highest BCUT2D eigenvalue weighted by atomic mass is 32.2. The van der Waals surface area contributed by atoms with E-state index < -0.39 is 0 Å². The van der Waals surface area contributed by atoms with Crippen molar-refractivity contribution in [2.45, 2.75) is 9.79 Å². The molecule has 0 aliphatic rings. The van der Waals surface area contributed by atoms with E-state index in [2.05, 4.69) is 6.07 Å². The van der Waals surface area contributed by atoms with Crippen molar-refractivity contribution in [1.29, 1.82) is 0 Å². The molecule has 0 aromatic heterocycles. The van der Waals surface area contributed by atoms with Crippen LogP contribution in [0.3, 0.4) is 0 Å². The third kappa shape index (κ3) is 2.15. The van der Waals surface area contributed by atoms with E-state index in [4.69, 9.17) is 0 Å². The van der Waals surface area contributed by atoms with Crippen molar-refractivity contribution in [2.24, 2.45) is 0 Å². The molecule has 0 unspecified atom stereocenters. The van der Waals surface area contributed by atoms with Crippen molar-refractivity contribution in [2.75, 3.05) is 0 Å². The number of hydrogen-bond acceptors (Lipinski definition) is 1. The summed E-state index contributed by atoms with van der Waals surface area (Å²) in [5, 5.41) is 0. The quantitative estimate of drug-likeness (QED) is 0.715. The van der Waals surface area contributed by atoms with Crippen molar-refractivity contribution in [1.82, 2.24) is 0 Å². The first-order valence-electron chi connectivity index (χ1n) is 4.25. The van der Waals surface area contributed by atoms with E-state index in [1.54, 1.807) is 12.1 Å². The Morgan fingerprint density at radius 1 is 1.07 bits per heavy atom. The number of benzene rings is 2. The van der Waals surface area contributed by atoms with E-state index in [0.29, 0.717) is 4.90 Å². The van der Waals surface area contributed by atoms with E-state index in [0.717, 1.165) is 4.90 Å². The smallest absolute Gasteiger partial charge is 0.137 e. The third-order valence-electron chi connectivity index (χ3n) is 1.75. The summed E-state index contributed by atoms with van der Waals surface area (Å²) in [6.07, 6.45) is 0. The Hall–Kier alpha value is -1.28. The third-order valence-corrected chi connectivity index (χ3v) is 2.79. The average molecular weight is 203 g/mol. The van der Waals surface area contributed by atoms with Crippen LogP contribution in [-0.2, 0) is 0 Å². The molecular weight excluding hydrogens is 195 g/mol. The van der Waals surface area contributed by atoms with E-state index in [1.807, 2.05) is 30.3 Å². The van der Waals surface area contributed by atoms with Crippen LogP contribution in [0, 0.1) is 11.9 Å². The maximum atomic E-state index is 13.2. The molecule has 14 heavy (non-hydrogen) atoms. The largest absolute Gasteiger partial charge is 0.206 e. The molecular formula is C12H8FS. The molecule has 2 aromatic carbocycles. The zero-order valence-corrected chi connectivity index (χ0v) is 8.22. The second-order valence-electron chi connectivity index (χ2n) is 2.77. The topological polar surface area (TPSA) is 0 Å². The van der Waals surface area contributed by atoms with Gasteiger partial charge in [-0.1, -0.05) is 36.0 Å². The fraction of sp³-hybridized carbons (Fsp3) is 0. The Bertz CT molecular complexity index is 412. The van der Waals surface area contributed by atoms with E-state index in [-0.39, 0.29) is 5.82 Å². The Morgan fingerprint density at radius 3 is 2.57 bits per heavy atom. The molecule has 0 spiro atoms. The molecule has 0 amide bonds. The van der Waals surface area contributed by atoms with Crippen molar-refractivity contribution < 1.29 is 4.39 Å². The first kappa shape index (κ1) is 9.28. The molecule has 0 aliphatic carbocycles. The summed E-state index contributed by atoms with van der Waals surface area (Å²) >= 11 is 1.41. The summed E-state index contributed by atoms with van der Waals surface area (Å²) in [6, 6.07) is 17.2. The van der Waals surface area contributed by atoms with Crippen LogP contribution in [0.1, 0.15) is 0 Å². The van der Waals surface area contributed by atoms with Crippen LogP contribution in [0.15, 0.2) is 58.3 Å². The lowest BCUT2D eigenvalue weighted by Gasteiger charge is -2.01. The Balaban J connectivity index is 2.24. The van der Waals surface area contributed by atoms with Gasteiger partial charge in [0.25, 0.3) is 0 Å². The molecule has 1 radical (unpaired) electrons. The molecule has 2 heteroatoms. The van der Waals surface area contributed by atoms with Gasteiger partial charge < -0.3 is 0 Å². The molecule has 0 bridgehead atoms. The minimum absolute atomic E-state index is 0.197. The van der Waals surface area contributed by atoms with Gasteiger partial charge in [-0.15, -0.1) is 0 Å².